The predicted octanol–water partition coefficient (Wildman–Crippen LogP) is 1.10. The Morgan fingerprint density at radius 3 is 2.86 bits per heavy atom. The number of nitrogens with zero attached hydrogens (tertiary/aromatic N) is 2. The molecule has 6 nitrogen and oxygen atoms in total. The zero-order valence-corrected chi connectivity index (χ0v) is 13.3. The number of thiazole rings is 1. The topological polar surface area (TPSA) is 77.5 Å². The van der Waals surface area contributed by atoms with E-state index in [1.807, 2.05) is 12.3 Å². The Hall–Kier alpha value is -1.18. The standard InChI is InChI=1S/C14H24N4O2S/c1-11-10-21-13(17-11)8-16-14(20)15-7-12(19)9-18-5-3-2-4-6-18/h10,12,19H,2-9H2,1H3,(H2,15,16,20)/t12-/m0/s1. The maximum Gasteiger partial charge on any atom is 0.315 e. The molecule has 118 valence electrons. The van der Waals surface area contributed by atoms with Crippen LogP contribution in [-0.4, -0.2) is 53.3 Å². The zero-order chi connectivity index (χ0) is 15.1. The summed E-state index contributed by atoms with van der Waals surface area (Å²) in [6.07, 6.45) is 3.17. The van der Waals surface area contributed by atoms with Crippen molar-refractivity contribution in [3.05, 3.63) is 16.1 Å². The highest BCUT2D eigenvalue weighted by Crippen LogP contribution is 2.09. The smallest absolute Gasteiger partial charge is 0.315 e. The van der Waals surface area contributed by atoms with E-state index in [0.717, 1.165) is 23.8 Å². The SMILES string of the molecule is Cc1csc(CNC(=O)NC[C@H](O)CN2CCCCC2)n1. The lowest BCUT2D eigenvalue weighted by Gasteiger charge is -2.28. The molecule has 2 amide bonds. The number of β-amino-alcohol motifs (C(OH)–C–C–N with tert-alkyl or cyclic N) is 1. The van der Waals surface area contributed by atoms with Crippen molar-refractivity contribution in [3.8, 4) is 0 Å². The highest BCUT2D eigenvalue weighted by molar-refractivity contribution is 7.09. The number of hydrogen-bond acceptors (Lipinski definition) is 5. The average Bonchev–Trinajstić information content (AvgIpc) is 2.90. The Morgan fingerprint density at radius 2 is 2.19 bits per heavy atom. The van der Waals surface area contributed by atoms with E-state index in [2.05, 4.69) is 20.5 Å². The summed E-state index contributed by atoms with van der Waals surface area (Å²) < 4.78 is 0. The molecule has 3 N–H and O–H groups in total. The van der Waals surface area contributed by atoms with Gasteiger partial charge in [-0.05, 0) is 32.9 Å². The third-order valence-corrected chi connectivity index (χ3v) is 4.45. The van der Waals surface area contributed by atoms with Crippen LogP contribution in [0.1, 0.15) is 30.0 Å². The molecule has 2 heterocycles. The van der Waals surface area contributed by atoms with Gasteiger partial charge in [-0.1, -0.05) is 6.42 Å². The molecule has 7 heteroatoms. The van der Waals surface area contributed by atoms with Crippen molar-refractivity contribution >= 4 is 17.4 Å². The molecule has 1 aliphatic rings. The fourth-order valence-corrected chi connectivity index (χ4v) is 3.13. The number of aliphatic hydroxyl groups excluding tert-OH is 1. The molecule has 1 aliphatic heterocycles. The molecule has 2 rings (SSSR count). The third-order valence-electron chi connectivity index (χ3n) is 3.48. The van der Waals surface area contributed by atoms with Crippen LogP contribution in [0.25, 0.3) is 0 Å². The molecule has 0 aliphatic carbocycles. The van der Waals surface area contributed by atoms with Gasteiger partial charge in [-0.2, -0.15) is 0 Å². The van der Waals surface area contributed by atoms with Crippen LogP contribution in [0.4, 0.5) is 4.79 Å². The van der Waals surface area contributed by atoms with E-state index in [1.165, 1.54) is 30.6 Å². The van der Waals surface area contributed by atoms with Gasteiger partial charge in [0.2, 0.25) is 0 Å². The van der Waals surface area contributed by atoms with E-state index in [0.29, 0.717) is 13.1 Å². The lowest BCUT2D eigenvalue weighted by atomic mass is 10.1. The van der Waals surface area contributed by atoms with E-state index in [4.69, 9.17) is 0 Å². The Labute approximate surface area is 129 Å². The number of hydrogen-bond donors (Lipinski definition) is 3. The van der Waals surface area contributed by atoms with Gasteiger partial charge in [0.1, 0.15) is 5.01 Å². The van der Waals surface area contributed by atoms with Crippen LogP contribution >= 0.6 is 11.3 Å². The Kier molecular flexibility index (Phi) is 6.41. The van der Waals surface area contributed by atoms with Gasteiger partial charge in [-0.3, -0.25) is 0 Å². The highest BCUT2D eigenvalue weighted by atomic mass is 32.1. The van der Waals surface area contributed by atoms with Gasteiger partial charge < -0.3 is 20.6 Å². The van der Waals surface area contributed by atoms with Crippen molar-refractivity contribution in [3.63, 3.8) is 0 Å². The number of rotatable bonds is 6. The van der Waals surface area contributed by atoms with Gasteiger partial charge >= 0.3 is 6.03 Å². The fourth-order valence-electron chi connectivity index (χ4n) is 2.42. The summed E-state index contributed by atoms with van der Waals surface area (Å²) in [6.45, 7) is 5.36. The lowest BCUT2D eigenvalue weighted by molar-refractivity contribution is 0.101. The summed E-state index contributed by atoms with van der Waals surface area (Å²) in [4.78, 5) is 18.2. The van der Waals surface area contributed by atoms with Gasteiger partial charge in [0.25, 0.3) is 0 Å². The van der Waals surface area contributed by atoms with Crippen molar-refractivity contribution in [2.75, 3.05) is 26.2 Å². The second-order valence-electron chi connectivity index (χ2n) is 5.46. The summed E-state index contributed by atoms with van der Waals surface area (Å²) >= 11 is 1.53. The number of likely N-dealkylation sites (tertiary alicyclic amines) is 1. The van der Waals surface area contributed by atoms with Crippen LogP contribution in [0.2, 0.25) is 0 Å². The molecule has 0 radical (unpaired) electrons. The van der Waals surface area contributed by atoms with E-state index < -0.39 is 6.10 Å². The molecule has 1 saturated heterocycles. The average molecular weight is 312 g/mol. The van der Waals surface area contributed by atoms with Crippen LogP contribution in [0.5, 0.6) is 0 Å². The van der Waals surface area contributed by atoms with Crippen LogP contribution < -0.4 is 10.6 Å². The Balaban J connectivity index is 1.59. The van der Waals surface area contributed by atoms with Gasteiger partial charge in [0.05, 0.1) is 12.6 Å². The summed E-state index contributed by atoms with van der Waals surface area (Å²) in [5.74, 6) is 0. The fraction of sp³-hybridized carbons (Fsp3) is 0.714. The lowest BCUT2D eigenvalue weighted by Crippen LogP contribution is -2.44. The van der Waals surface area contributed by atoms with Crippen molar-refractivity contribution in [2.24, 2.45) is 0 Å². The summed E-state index contributed by atoms with van der Waals surface area (Å²) in [6, 6.07) is -0.263. The summed E-state index contributed by atoms with van der Waals surface area (Å²) in [5.41, 5.74) is 0.967. The van der Waals surface area contributed by atoms with Crippen molar-refractivity contribution < 1.29 is 9.90 Å². The molecular weight excluding hydrogens is 288 g/mol. The number of aliphatic hydroxyl groups is 1. The number of carbonyl (C=O) groups is 1. The van der Waals surface area contributed by atoms with Crippen molar-refractivity contribution in [2.45, 2.75) is 38.8 Å². The van der Waals surface area contributed by atoms with E-state index in [-0.39, 0.29) is 12.6 Å². The number of nitrogens with one attached hydrogen (secondary N) is 2. The van der Waals surface area contributed by atoms with E-state index >= 15 is 0 Å². The minimum Gasteiger partial charge on any atom is -0.390 e. The first-order valence-corrected chi connectivity index (χ1v) is 8.34. The number of amides is 2. The van der Waals surface area contributed by atoms with Crippen molar-refractivity contribution in [1.29, 1.82) is 0 Å². The van der Waals surface area contributed by atoms with Gasteiger partial charge in [0, 0.05) is 24.2 Å². The number of urea groups is 1. The maximum absolute atomic E-state index is 11.6. The number of piperidine rings is 1. The monoisotopic (exact) mass is 312 g/mol. The molecule has 21 heavy (non-hydrogen) atoms. The van der Waals surface area contributed by atoms with Gasteiger partial charge in [0.15, 0.2) is 0 Å². The Bertz CT molecular complexity index is 446. The molecule has 0 bridgehead atoms. The van der Waals surface area contributed by atoms with Crippen molar-refractivity contribution in [1.82, 2.24) is 20.5 Å². The zero-order valence-electron chi connectivity index (χ0n) is 12.5. The van der Waals surface area contributed by atoms with Crippen LogP contribution in [-0.2, 0) is 6.54 Å². The number of aromatic nitrogens is 1. The maximum atomic E-state index is 11.6. The molecular formula is C14H24N4O2S. The first-order chi connectivity index (χ1) is 10.1. The number of aryl methyl sites for hydroxylation is 1. The molecule has 0 spiro atoms. The molecule has 1 atom stereocenters. The highest BCUT2D eigenvalue weighted by Gasteiger charge is 2.15. The second kappa shape index (κ2) is 8.31. The molecule has 1 aromatic heterocycles. The summed E-state index contributed by atoms with van der Waals surface area (Å²) in [5, 5.41) is 18.2. The quantitative estimate of drug-likeness (QED) is 0.735. The number of carbonyl (C=O) groups excluding carboxylic acids is 1. The molecule has 1 fully saturated rings. The largest absolute Gasteiger partial charge is 0.390 e. The molecule has 0 unspecified atom stereocenters. The first kappa shape index (κ1) is 16.2. The van der Waals surface area contributed by atoms with Crippen LogP contribution in [0, 0.1) is 6.92 Å². The van der Waals surface area contributed by atoms with Gasteiger partial charge in [-0.15, -0.1) is 11.3 Å². The normalized spacial score (nSPS) is 17.4. The third kappa shape index (κ3) is 5.99. The summed E-state index contributed by atoms with van der Waals surface area (Å²) in [7, 11) is 0. The van der Waals surface area contributed by atoms with Gasteiger partial charge in [-0.25, -0.2) is 9.78 Å². The second-order valence-corrected chi connectivity index (χ2v) is 6.40. The molecule has 1 aromatic rings. The molecule has 0 aromatic carbocycles. The molecule has 0 saturated carbocycles. The van der Waals surface area contributed by atoms with Crippen LogP contribution in [0.15, 0.2) is 5.38 Å². The van der Waals surface area contributed by atoms with E-state index in [1.54, 1.807) is 0 Å². The predicted molar refractivity (Wildman–Crippen MR) is 83.4 cm³/mol. The Morgan fingerprint density at radius 1 is 1.43 bits per heavy atom. The minimum atomic E-state index is -0.518. The first-order valence-electron chi connectivity index (χ1n) is 7.46. The minimum absolute atomic E-state index is 0.263. The van der Waals surface area contributed by atoms with E-state index in [9.17, 15) is 9.90 Å². The van der Waals surface area contributed by atoms with Crippen LogP contribution in [0.3, 0.4) is 0 Å².